The van der Waals surface area contributed by atoms with E-state index in [2.05, 4.69) is 36.8 Å². The molecule has 0 aliphatic carbocycles. The van der Waals surface area contributed by atoms with Gasteiger partial charge in [0.25, 0.3) is 0 Å². The molecule has 2 aromatic rings. The molecule has 0 saturated carbocycles. The van der Waals surface area contributed by atoms with Crippen LogP contribution in [0.25, 0.3) is 0 Å². The molecule has 1 N–H and O–H groups in total. The fraction of sp³-hybridized carbons (Fsp3) is 0.250. The van der Waals surface area contributed by atoms with Crippen LogP contribution in [0.1, 0.15) is 16.1 Å². The van der Waals surface area contributed by atoms with Crippen LogP contribution in [0, 0.1) is 0 Å². The summed E-state index contributed by atoms with van der Waals surface area (Å²) < 4.78 is 4.55. The first-order valence-corrected chi connectivity index (χ1v) is 6.39. The molecule has 0 saturated heterocycles. The van der Waals surface area contributed by atoms with Crippen LogP contribution in [0.5, 0.6) is 0 Å². The van der Waals surface area contributed by atoms with Gasteiger partial charge in [-0.2, -0.15) is 11.3 Å². The topological polar surface area (TPSA) is 64.1 Å². The monoisotopic (exact) mass is 263 g/mol. The standard InChI is InChI=1S/C12H13N3O2S/c1-17-12(16)10-6-15-11(7-14-10)13-4-2-9-3-5-18-8-9/h3,5-8H,2,4H2,1H3,(H,13,15). The van der Waals surface area contributed by atoms with E-state index in [9.17, 15) is 4.79 Å². The summed E-state index contributed by atoms with van der Waals surface area (Å²) in [5.41, 5.74) is 1.51. The van der Waals surface area contributed by atoms with E-state index in [1.807, 2.05) is 0 Å². The Morgan fingerprint density at radius 1 is 1.44 bits per heavy atom. The van der Waals surface area contributed by atoms with Crippen molar-refractivity contribution in [2.45, 2.75) is 6.42 Å². The highest BCUT2D eigenvalue weighted by Gasteiger charge is 2.06. The molecule has 2 heterocycles. The summed E-state index contributed by atoms with van der Waals surface area (Å²) in [6, 6.07) is 2.10. The average molecular weight is 263 g/mol. The van der Waals surface area contributed by atoms with Gasteiger partial charge >= 0.3 is 5.97 Å². The van der Waals surface area contributed by atoms with E-state index in [4.69, 9.17) is 0 Å². The molecule has 6 heteroatoms. The predicted octanol–water partition coefficient (Wildman–Crippen LogP) is 1.98. The van der Waals surface area contributed by atoms with E-state index < -0.39 is 5.97 Å². The Bertz CT molecular complexity index is 497. The molecular weight excluding hydrogens is 250 g/mol. The summed E-state index contributed by atoms with van der Waals surface area (Å²) in [4.78, 5) is 19.2. The zero-order chi connectivity index (χ0) is 12.8. The van der Waals surface area contributed by atoms with Crippen LogP contribution in [-0.2, 0) is 11.2 Å². The van der Waals surface area contributed by atoms with Crippen molar-refractivity contribution in [2.75, 3.05) is 19.0 Å². The molecule has 94 valence electrons. The largest absolute Gasteiger partial charge is 0.464 e. The van der Waals surface area contributed by atoms with E-state index in [1.54, 1.807) is 11.3 Å². The van der Waals surface area contributed by atoms with Gasteiger partial charge in [0.1, 0.15) is 5.82 Å². The lowest BCUT2D eigenvalue weighted by molar-refractivity contribution is 0.0593. The van der Waals surface area contributed by atoms with Crippen LogP contribution < -0.4 is 5.32 Å². The number of nitrogens with one attached hydrogen (secondary N) is 1. The van der Waals surface area contributed by atoms with Gasteiger partial charge in [-0.1, -0.05) is 0 Å². The normalized spacial score (nSPS) is 10.1. The molecular formula is C12H13N3O2S. The van der Waals surface area contributed by atoms with Gasteiger partial charge in [0.2, 0.25) is 0 Å². The van der Waals surface area contributed by atoms with E-state index in [-0.39, 0.29) is 5.69 Å². The second-order valence-electron chi connectivity index (χ2n) is 3.59. The number of hydrogen-bond donors (Lipinski definition) is 1. The molecule has 0 spiro atoms. The second kappa shape index (κ2) is 6.11. The van der Waals surface area contributed by atoms with Gasteiger partial charge in [0.05, 0.1) is 19.5 Å². The Morgan fingerprint density at radius 3 is 2.94 bits per heavy atom. The minimum Gasteiger partial charge on any atom is -0.464 e. The average Bonchev–Trinajstić information content (AvgIpc) is 2.92. The SMILES string of the molecule is COC(=O)c1cnc(NCCc2ccsc2)cn1. The van der Waals surface area contributed by atoms with Gasteiger partial charge in [-0.25, -0.2) is 14.8 Å². The molecule has 0 amide bonds. The quantitative estimate of drug-likeness (QED) is 0.836. The van der Waals surface area contributed by atoms with Crippen molar-refractivity contribution >= 4 is 23.1 Å². The number of methoxy groups -OCH3 is 1. The molecule has 5 nitrogen and oxygen atoms in total. The minimum atomic E-state index is -0.479. The van der Waals surface area contributed by atoms with Crippen molar-refractivity contribution in [1.29, 1.82) is 0 Å². The lowest BCUT2D eigenvalue weighted by Crippen LogP contribution is -2.09. The molecule has 0 aliphatic heterocycles. The summed E-state index contributed by atoms with van der Waals surface area (Å²) >= 11 is 1.69. The van der Waals surface area contributed by atoms with Crippen molar-refractivity contribution in [3.63, 3.8) is 0 Å². The Balaban J connectivity index is 1.85. The molecule has 0 unspecified atom stereocenters. The van der Waals surface area contributed by atoms with E-state index >= 15 is 0 Å². The molecule has 0 fully saturated rings. The third-order valence-electron chi connectivity index (χ3n) is 2.35. The number of carbonyl (C=O) groups is 1. The minimum absolute atomic E-state index is 0.209. The maximum atomic E-state index is 11.2. The Kier molecular flexibility index (Phi) is 4.25. The first-order valence-electron chi connectivity index (χ1n) is 5.45. The predicted molar refractivity (Wildman–Crippen MR) is 69.9 cm³/mol. The number of anilines is 1. The Labute approximate surface area is 109 Å². The van der Waals surface area contributed by atoms with Gasteiger partial charge in [-0.15, -0.1) is 0 Å². The Morgan fingerprint density at radius 2 is 2.33 bits per heavy atom. The third kappa shape index (κ3) is 3.27. The number of hydrogen-bond acceptors (Lipinski definition) is 6. The fourth-order valence-electron chi connectivity index (χ4n) is 1.40. The van der Waals surface area contributed by atoms with Crippen molar-refractivity contribution in [2.24, 2.45) is 0 Å². The van der Waals surface area contributed by atoms with Crippen LogP contribution in [0.15, 0.2) is 29.2 Å². The summed E-state index contributed by atoms with van der Waals surface area (Å²) in [7, 11) is 1.32. The van der Waals surface area contributed by atoms with Crippen molar-refractivity contribution in [3.05, 3.63) is 40.5 Å². The Hall–Kier alpha value is -1.95. The molecule has 0 radical (unpaired) electrons. The number of thiophene rings is 1. The van der Waals surface area contributed by atoms with Crippen LogP contribution in [0.2, 0.25) is 0 Å². The van der Waals surface area contributed by atoms with Crippen molar-refractivity contribution in [1.82, 2.24) is 9.97 Å². The molecule has 0 bridgehead atoms. The van der Waals surface area contributed by atoms with Crippen LogP contribution >= 0.6 is 11.3 Å². The summed E-state index contributed by atoms with van der Waals surface area (Å²) in [6.45, 7) is 0.781. The molecule has 0 atom stereocenters. The van der Waals surface area contributed by atoms with Crippen LogP contribution in [-0.4, -0.2) is 29.6 Å². The van der Waals surface area contributed by atoms with E-state index in [0.29, 0.717) is 5.82 Å². The molecule has 0 aliphatic rings. The highest BCUT2D eigenvalue weighted by molar-refractivity contribution is 7.07. The first kappa shape index (κ1) is 12.5. The summed E-state index contributed by atoms with van der Waals surface area (Å²) in [6.07, 6.45) is 3.86. The zero-order valence-corrected chi connectivity index (χ0v) is 10.7. The van der Waals surface area contributed by atoms with Gasteiger partial charge in [-0.3, -0.25) is 0 Å². The summed E-state index contributed by atoms with van der Waals surface area (Å²) in [5.74, 6) is 0.171. The summed E-state index contributed by atoms with van der Waals surface area (Å²) in [5, 5.41) is 7.32. The van der Waals surface area contributed by atoms with Gasteiger partial charge in [-0.05, 0) is 28.8 Å². The van der Waals surface area contributed by atoms with Gasteiger partial charge in [0.15, 0.2) is 5.69 Å². The van der Waals surface area contributed by atoms with Gasteiger partial charge < -0.3 is 10.1 Å². The maximum absolute atomic E-state index is 11.2. The number of rotatable bonds is 5. The van der Waals surface area contributed by atoms with Crippen molar-refractivity contribution in [3.8, 4) is 0 Å². The molecule has 2 aromatic heterocycles. The maximum Gasteiger partial charge on any atom is 0.358 e. The number of nitrogens with zero attached hydrogens (tertiary/aromatic N) is 2. The van der Waals surface area contributed by atoms with E-state index in [0.717, 1.165) is 13.0 Å². The van der Waals surface area contributed by atoms with Crippen LogP contribution in [0.4, 0.5) is 5.82 Å². The lowest BCUT2D eigenvalue weighted by atomic mass is 10.2. The first-order chi connectivity index (χ1) is 8.79. The molecule has 0 aromatic carbocycles. The lowest BCUT2D eigenvalue weighted by Gasteiger charge is -2.04. The van der Waals surface area contributed by atoms with Gasteiger partial charge in [0, 0.05) is 6.54 Å². The third-order valence-corrected chi connectivity index (χ3v) is 3.08. The number of aromatic nitrogens is 2. The molecule has 18 heavy (non-hydrogen) atoms. The number of carbonyl (C=O) groups excluding carboxylic acids is 1. The van der Waals surface area contributed by atoms with E-state index in [1.165, 1.54) is 25.1 Å². The number of esters is 1. The zero-order valence-electron chi connectivity index (χ0n) is 9.92. The highest BCUT2D eigenvalue weighted by atomic mass is 32.1. The fourth-order valence-corrected chi connectivity index (χ4v) is 2.10. The smallest absolute Gasteiger partial charge is 0.358 e. The molecule has 2 rings (SSSR count). The van der Waals surface area contributed by atoms with Crippen molar-refractivity contribution < 1.29 is 9.53 Å². The second-order valence-corrected chi connectivity index (χ2v) is 4.37. The van der Waals surface area contributed by atoms with Crippen LogP contribution in [0.3, 0.4) is 0 Å². The number of ether oxygens (including phenoxy) is 1. The highest BCUT2D eigenvalue weighted by Crippen LogP contribution is 2.07.